The average Bonchev–Trinajstić information content (AvgIpc) is 3.47. The fourth-order valence-corrected chi connectivity index (χ4v) is 7.61. The number of rotatable bonds is 3. The van der Waals surface area contributed by atoms with Gasteiger partial charge in [0, 0.05) is 21.9 Å². The minimum Gasteiger partial charge on any atom is -0.361 e. The maximum absolute atomic E-state index is 3.93. The lowest BCUT2D eigenvalue weighted by molar-refractivity contribution is 0.574. The number of benzene rings is 4. The number of fused-ring (bicyclic) bond motifs is 6. The number of hydrogen-bond donors (Lipinski definition) is 1. The van der Waals surface area contributed by atoms with E-state index in [4.69, 9.17) is 0 Å². The zero-order chi connectivity index (χ0) is 26.8. The molecule has 1 aromatic heterocycles. The molecule has 0 bridgehead atoms. The monoisotopic (exact) mass is 518 g/mol. The number of allylic oxidation sites excluding steroid dienone is 4. The van der Waals surface area contributed by atoms with Gasteiger partial charge in [-0.3, -0.25) is 0 Å². The summed E-state index contributed by atoms with van der Waals surface area (Å²) in [6, 6.07) is 35.4. The Balaban J connectivity index is 1.39. The number of dihydropyridines is 1. The van der Waals surface area contributed by atoms with Gasteiger partial charge in [0.2, 0.25) is 0 Å². The van der Waals surface area contributed by atoms with Crippen molar-refractivity contribution >= 4 is 38.6 Å². The van der Waals surface area contributed by atoms with Crippen LogP contribution in [0.1, 0.15) is 68.0 Å². The lowest BCUT2D eigenvalue weighted by atomic mass is 9.77. The van der Waals surface area contributed by atoms with Crippen molar-refractivity contribution in [1.29, 1.82) is 0 Å². The Bertz CT molecular complexity index is 1880. The van der Waals surface area contributed by atoms with Gasteiger partial charge in [0.15, 0.2) is 0 Å². The van der Waals surface area contributed by atoms with Gasteiger partial charge in [-0.15, -0.1) is 0 Å². The number of nitrogens with zero attached hydrogens (tertiary/aromatic N) is 1. The molecule has 8 rings (SSSR count). The first-order chi connectivity index (χ1) is 19.6. The number of hydrogen-bond acceptors (Lipinski definition) is 1. The number of nitrogens with one attached hydrogen (secondary N) is 1. The van der Waals surface area contributed by atoms with E-state index in [1.165, 1.54) is 75.3 Å². The Morgan fingerprint density at radius 2 is 1.43 bits per heavy atom. The summed E-state index contributed by atoms with van der Waals surface area (Å²) in [5.74, 6) is 0. The summed E-state index contributed by atoms with van der Waals surface area (Å²) in [5.41, 5.74) is 13.9. The highest BCUT2D eigenvalue weighted by atomic mass is 15.2. The van der Waals surface area contributed by atoms with Gasteiger partial charge in [-0.2, -0.15) is 0 Å². The Morgan fingerprint density at radius 1 is 0.725 bits per heavy atom. The van der Waals surface area contributed by atoms with Gasteiger partial charge in [0.25, 0.3) is 0 Å². The molecule has 0 spiro atoms. The quantitative estimate of drug-likeness (QED) is 0.252. The molecule has 0 amide bonds. The van der Waals surface area contributed by atoms with Crippen LogP contribution in [0.2, 0.25) is 0 Å². The molecule has 0 radical (unpaired) electrons. The lowest BCUT2D eigenvalue weighted by Gasteiger charge is -2.28. The van der Waals surface area contributed by atoms with Crippen LogP contribution in [0.15, 0.2) is 115 Å². The maximum atomic E-state index is 3.93. The Hall–Kier alpha value is -4.30. The van der Waals surface area contributed by atoms with E-state index in [9.17, 15) is 0 Å². The molecule has 1 atom stereocenters. The fourth-order valence-electron chi connectivity index (χ4n) is 7.61. The van der Waals surface area contributed by atoms with Crippen LogP contribution in [0.25, 0.3) is 38.6 Å². The van der Waals surface area contributed by atoms with Crippen molar-refractivity contribution in [2.75, 3.05) is 0 Å². The molecule has 2 heterocycles. The second-order valence-corrected chi connectivity index (χ2v) is 12.1. The van der Waals surface area contributed by atoms with Crippen molar-refractivity contribution in [1.82, 2.24) is 9.88 Å². The molecule has 2 aliphatic carbocycles. The van der Waals surface area contributed by atoms with E-state index in [0.717, 1.165) is 5.70 Å². The van der Waals surface area contributed by atoms with Crippen LogP contribution < -0.4 is 5.32 Å². The summed E-state index contributed by atoms with van der Waals surface area (Å²) in [7, 11) is 0. The zero-order valence-electron chi connectivity index (χ0n) is 23.2. The fraction of sp³-hybridized carbons (Fsp3) is 0.211. The molecule has 4 aromatic carbocycles. The van der Waals surface area contributed by atoms with Crippen molar-refractivity contribution in [3.63, 3.8) is 0 Å². The minimum absolute atomic E-state index is 0.0231. The van der Waals surface area contributed by atoms with E-state index in [-0.39, 0.29) is 11.6 Å². The summed E-state index contributed by atoms with van der Waals surface area (Å²) >= 11 is 0. The highest BCUT2D eigenvalue weighted by Crippen LogP contribution is 2.55. The van der Waals surface area contributed by atoms with Crippen LogP contribution in [-0.4, -0.2) is 4.57 Å². The Labute approximate surface area is 236 Å². The van der Waals surface area contributed by atoms with E-state index in [2.05, 4.69) is 133 Å². The molecule has 40 heavy (non-hydrogen) atoms. The van der Waals surface area contributed by atoms with Gasteiger partial charge in [-0.25, -0.2) is 0 Å². The molecular weight excluding hydrogens is 484 g/mol. The highest BCUT2D eigenvalue weighted by Gasteiger charge is 2.40. The van der Waals surface area contributed by atoms with Gasteiger partial charge in [0.05, 0.1) is 11.0 Å². The molecular formula is C38H34N2. The van der Waals surface area contributed by atoms with Gasteiger partial charge in [0.1, 0.15) is 6.17 Å². The second kappa shape index (κ2) is 8.86. The molecule has 1 unspecified atom stereocenters. The molecule has 2 heteroatoms. The number of para-hydroxylation sites is 1. The summed E-state index contributed by atoms with van der Waals surface area (Å²) in [6.45, 7) is 4.89. The van der Waals surface area contributed by atoms with Crippen LogP contribution >= 0.6 is 0 Å². The Kier molecular flexibility index (Phi) is 5.22. The third-order valence-electron chi connectivity index (χ3n) is 9.48. The van der Waals surface area contributed by atoms with Crippen molar-refractivity contribution in [2.45, 2.75) is 51.1 Å². The van der Waals surface area contributed by atoms with Gasteiger partial charge in [-0.05, 0) is 83.4 Å². The predicted octanol–water partition coefficient (Wildman–Crippen LogP) is 9.64. The summed E-state index contributed by atoms with van der Waals surface area (Å²) in [6.07, 6.45) is 9.72. The molecule has 1 aliphatic heterocycles. The minimum atomic E-state index is -0.0231. The lowest BCUT2D eigenvalue weighted by Crippen LogP contribution is -2.26. The maximum Gasteiger partial charge on any atom is 0.124 e. The third kappa shape index (κ3) is 3.42. The standard InChI is InChI=1S/C38H34N2/c1-38(2)30-19-11-9-17-28(30)36-31(38)21-22-34-37(36)29-18-10-12-20-33(29)40(34)35-24-27(25-13-5-3-6-14-25)23-32(39-35)26-15-7-4-8-16-26/h3-8,10,12-16,18,20-24,35,39H,9,11,17,19H2,1-2H3. The summed E-state index contributed by atoms with van der Waals surface area (Å²) in [4.78, 5) is 0. The van der Waals surface area contributed by atoms with Gasteiger partial charge < -0.3 is 9.88 Å². The van der Waals surface area contributed by atoms with E-state index in [1.54, 1.807) is 11.1 Å². The first-order valence-corrected chi connectivity index (χ1v) is 14.7. The smallest absolute Gasteiger partial charge is 0.124 e. The largest absolute Gasteiger partial charge is 0.361 e. The van der Waals surface area contributed by atoms with Crippen LogP contribution in [-0.2, 0) is 5.41 Å². The molecule has 1 N–H and O–H groups in total. The van der Waals surface area contributed by atoms with E-state index >= 15 is 0 Å². The first-order valence-electron chi connectivity index (χ1n) is 14.7. The van der Waals surface area contributed by atoms with Crippen molar-refractivity contribution < 1.29 is 0 Å². The molecule has 5 aromatic rings. The van der Waals surface area contributed by atoms with Crippen molar-refractivity contribution in [3.05, 3.63) is 137 Å². The molecule has 0 fully saturated rings. The highest BCUT2D eigenvalue weighted by molar-refractivity contribution is 6.15. The zero-order valence-corrected chi connectivity index (χ0v) is 23.2. The van der Waals surface area contributed by atoms with Crippen molar-refractivity contribution in [3.8, 4) is 0 Å². The van der Waals surface area contributed by atoms with E-state index < -0.39 is 0 Å². The summed E-state index contributed by atoms with van der Waals surface area (Å²) in [5, 5.41) is 6.72. The molecule has 0 saturated carbocycles. The molecule has 196 valence electrons. The van der Waals surface area contributed by atoms with Crippen LogP contribution in [0.5, 0.6) is 0 Å². The van der Waals surface area contributed by atoms with Crippen LogP contribution in [0.4, 0.5) is 0 Å². The second-order valence-electron chi connectivity index (χ2n) is 12.1. The number of aromatic nitrogens is 1. The van der Waals surface area contributed by atoms with Gasteiger partial charge >= 0.3 is 0 Å². The normalized spacial score (nSPS) is 19.7. The molecule has 0 saturated heterocycles. The van der Waals surface area contributed by atoms with Crippen molar-refractivity contribution in [2.24, 2.45) is 0 Å². The van der Waals surface area contributed by atoms with E-state index in [0.29, 0.717) is 0 Å². The van der Waals surface area contributed by atoms with Crippen LogP contribution in [0.3, 0.4) is 0 Å². The van der Waals surface area contributed by atoms with E-state index in [1.807, 2.05) is 0 Å². The summed E-state index contributed by atoms with van der Waals surface area (Å²) < 4.78 is 2.54. The Morgan fingerprint density at radius 3 is 2.23 bits per heavy atom. The molecule has 2 nitrogen and oxygen atoms in total. The topological polar surface area (TPSA) is 17.0 Å². The SMILES string of the molecule is CC1(C)C2=C(CCCC2)c2c1ccc1c2c2ccccc2n1C1C=C(c2ccccc2)C=C(c2ccccc2)N1. The van der Waals surface area contributed by atoms with Gasteiger partial charge in [-0.1, -0.05) is 104 Å². The third-order valence-corrected chi connectivity index (χ3v) is 9.48. The first kappa shape index (κ1) is 23.6. The molecule has 3 aliphatic rings. The van der Waals surface area contributed by atoms with Crippen LogP contribution in [0, 0.1) is 0 Å². The predicted molar refractivity (Wildman–Crippen MR) is 169 cm³/mol. The average molecular weight is 519 g/mol.